The van der Waals surface area contributed by atoms with Crippen molar-refractivity contribution < 1.29 is 10.0 Å². The van der Waals surface area contributed by atoms with Crippen LogP contribution in [-0.4, -0.2) is 23.5 Å². The summed E-state index contributed by atoms with van der Waals surface area (Å²) in [7, 11) is 0. The van der Waals surface area contributed by atoms with Crippen molar-refractivity contribution in [2.45, 2.75) is 38.5 Å². The summed E-state index contributed by atoms with van der Waals surface area (Å²) in [6, 6.07) is 4.04. The van der Waals surface area contributed by atoms with Crippen LogP contribution in [-0.2, 0) is 11.2 Å². The van der Waals surface area contributed by atoms with Crippen molar-refractivity contribution in [1.82, 2.24) is 5.32 Å². The van der Waals surface area contributed by atoms with Gasteiger partial charge >= 0.3 is 0 Å². The Bertz CT molecular complexity index is 524. The molecule has 0 aliphatic heterocycles. The second-order valence-corrected chi connectivity index (χ2v) is 7.89. The number of nitrogens with two attached hydrogens (primary N) is 1. The molecule has 1 saturated carbocycles. The van der Waals surface area contributed by atoms with Gasteiger partial charge in [-0.15, -0.1) is 11.3 Å². The van der Waals surface area contributed by atoms with Crippen LogP contribution >= 0.6 is 27.3 Å². The second kappa shape index (κ2) is 7.26. The summed E-state index contributed by atoms with van der Waals surface area (Å²) in [5.41, 5.74) is 4.97. The lowest BCUT2D eigenvalue weighted by Gasteiger charge is -2.34. The standard InChI is InChI=1S/C14H20BrN3O2S/c15-11-5-4-10(21-11)6-9-17-13(19)14(12(16)18-20)7-2-1-3-8-14/h4-5,20H,1-3,6-9H2,(H2,16,18)(H,17,19). The zero-order chi connectivity index (χ0) is 15.3. The van der Waals surface area contributed by atoms with Crippen molar-refractivity contribution in [2.75, 3.05) is 6.54 Å². The van der Waals surface area contributed by atoms with Crippen LogP contribution in [0.4, 0.5) is 0 Å². The van der Waals surface area contributed by atoms with E-state index in [0.717, 1.165) is 29.5 Å². The normalized spacial score (nSPS) is 18.4. The Balaban J connectivity index is 1.95. The highest BCUT2D eigenvalue weighted by Gasteiger charge is 2.43. The molecule has 0 unspecified atom stereocenters. The SMILES string of the molecule is N/C(=N/O)C1(C(=O)NCCc2ccc(Br)s2)CCCCC1. The Labute approximate surface area is 136 Å². The monoisotopic (exact) mass is 373 g/mol. The number of nitrogens with zero attached hydrogens (tertiary/aromatic N) is 1. The van der Waals surface area contributed by atoms with E-state index in [1.807, 2.05) is 12.1 Å². The number of thiophene rings is 1. The number of carbonyl (C=O) groups is 1. The van der Waals surface area contributed by atoms with E-state index < -0.39 is 5.41 Å². The van der Waals surface area contributed by atoms with E-state index in [1.165, 1.54) is 4.88 Å². The lowest BCUT2D eigenvalue weighted by atomic mass is 9.72. The summed E-state index contributed by atoms with van der Waals surface area (Å²) in [5, 5.41) is 15.0. The summed E-state index contributed by atoms with van der Waals surface area (Å²) in [6.45, 7) is 0.562. The Morgan fingerprint density at radius 1 is 1.43 bits per heavy atom. The molecule has 2 rings (SSSR count). The molecule has 1 aliphatic rings. The minimum Gasteiger partial charge on any atom is -0.409 e. The summed E-state index contributed by atoms with van der Waals surface area (Å²) in [4.78, 5) is 13.7. The van der Waals surface area contributed by atoms with Crippen LogP contribution in [0.15, 0.2) is 21.1 Å². The summed E-state index contributed by atoms with van der Waals surface area (Å²) in [5.74, 6) is -0.0771. The van der Waals surface area contributed by atoms with Gasteiger partial charge in [0.2, 0.25) is 5.91 Å². The fraction of sp³-hybridized carbons (Fsp3) is 0.571. The second-order valence-electron chi connectivity index (χ2n) is 5.34. The number of halogens is 1. The highest BCUT2D eigenvalue weighted by molar-refractivity contribution is 9.11. The number of nitrogens with one attached hydrogen (secondary N) is 1. The highest BCUT2D eigenvalue weighted by atomic mass is 79.9. The first-order valence-electron chi connectivity index (χ1n) is 7.09. The van der Waals surface area contributed by atoms with Crippen LogP contribution in [0.1, 0.15) is 37.0 Å². The van der Waals surface area contributed by atoms with E-state index in [4.69, 9.17) is 10.9 Å². The van der Waals surface area contributed by atoms with E-state index in [9.17, 15) is 4.79 Å². The third-order valence-electron chi connectivity index (χ3n) is 4.03. The van der Waals surface area contributed by atoms with Crippen LogP contribution in [0.25, 0.3) is 0 Å². The minimum atomic E-state index is -0.830. The Morgan fingerprint density at radius 3 is 2.71 bits per heavy atom. The number of amides is 1. The van der Waals surface area contributed by atoms with Gasteiger partial charge in [-0.3, -0.25) is 4.79 Å². The molecule has 0 atom stereocenters. The van der Waals surface area contributed by atoms with Crippen LogP contribution in [0, 0.1) is 5.41 Å². The van der Waals surface area contributed by atoms with Gasteiger partial charge in [0.15, 0.2) is 5.84 Å². The molecule has 1 fully saturated rings. The molecule has 0 saturated heterocycles. The van der Waals surface area contributed by atoms with E-state index in [0.29, 0.717) is 19.4 Å². The number of amidine groups is 1. The fourth-order valence-electron chi connectivity index (χ4n) is 2.81. The van der Waals surface area contributed by atoms with Gasteiger partial charge < -0.3 is 16.3 Å². The Kier molecular flexibility index (Phi) is 5.64. The van der Waals surface area contributed by atoms with E-state index in [-0.39, 0.29) is 11.7 Å². The van der Waals surface area contributed by atoms with Crippen molar-refractivity contribution in [3.8, 4) is 0 Å². The molecule has 1 aromatic heterocycles. The first-order valence-corrected chi connectivity index (χ1v) is 8.70. The fourth-order valence-corrected chi connectivity index (χ4v) is 4.29. The largest absolute Gasteiger partial charge is 0.409 e. The molecule has 21 heavy (non-hydrogen) atoms. The van der Waals surface area contributed by atoms with Gasteiger partial charge in [0, 0.05) is 11.4 Å². The highest BCUT2D eigenvalue weighted by Crippen LogP contribution is 2.36. The number of rotatable bonds is 5. The molecule has 1 heterocycles. The number of hydrogen-bond acceptors (Lipinski definition) is 4. The maximum absolute atomic E-state index is 12.5. The molecule has 1 aliphatic carbocycles. The average molecular weight is 374 g/mol. The van der Waals surface area contributed by atoms with E-state index in [2.05, 4.69) is 26.4 Å². The predicted molar refractivity (Wildman–Crippen MR) is 87.7 cm³/mol. The number of oxime groups is 1. The van der Waals surface area contributed by atoms with Crippen molar-refractivity contribution in [3.63, 3.8) is 0 Å². The van der Waals surface area contributed by atoms with Crippen molar-refractivity contribution in [3.05, 3.63) is 20.8 Å². The molecule has 0 spiro atoms. The van der Waals surface area contributed by atoms with Gasteiger partial charge in [0.1, 0.15) is 5.41 Å². The first-order chi connectivity index (χ1) is 10.1. The predicted octanol–water partition coefficient (Wildman–Crippen LogP) is 2.87. The molecule has 0 aromatic carbocycles. The number of hydrogen-bond donors (Lipinski definition) is 3. The molecular weight excluding hydrogens is 354 g/mol. The number of carbonyl (C=O) groups excluding carboxylic acids is 1. The third-order valence-corrected chi connectivity index (χ3v) is 5.71. The van der Waals surface area contributed by atoms with Crippen LogP contribution in [0.3, 0.4) is 0 Å². The van der Waals surface area contributed by atoms with E-state index in [1.54, 1.807) is 11.3 Å². The van der Waals surface area contributed by atoms with Crippen molar-refractivity contribution >= 4 is 39.0 Å². The van der Waals surface area contributed by atoms with Crippen LogP contribution < -0.4 is 11.1 Å². The topological polar surface area (TPSA) is 87.7 Å². The Hall–Kier alpha value is -1.08. The third kappa shape index (κ3) is 3.77. The smallest absolute Gasteiger partial charge is 0.233 e. The Morgan fingerprint density at radius 2 is 2.14 bits per heavy atom. The summed E-state index contributed by atoms with van der Waals surface area (Å²) >= 11 is 5.09. The molecule has 7 heteroatoms. The maximum Gasteiger partial charge on any atom is 0.233 e. The molecule has 0 radical (unpaired) electrons. The lowest BCUT2D eigenvalue weighted by molar-refractivity contribution is -0.129. The van der Waals surface area contributed by atoms with Crippen LogP contribution in [0.2, 0.25) is 0 Å². The summed E-state index contributed by atoms with van der Waals surface area (Å²) in [6.07, 6.45) is 5.05. The van der Waals surface area contributed by atoms with Gasteiger partial charge in [0.05, 0.1) is 3.79 Å². The molecule has 1 amide bonds. The zero-order valence-corrected chi connectivity index (χ0v) is 14.2. The molecule has 0 bridgehead atoms. The molecule has 1 aromatic rings. The van der Waals surface area contributed by atoms with E-state index >= 15 is 0 Å². The van der Waals surface area contributed by atoms with Gasteiger partial charge in [-0.2, -0.15) is 0 Å². The zero-order valence-electron chi connectivity index (χ0n) is 11.8. The average Bonchev–Trinajstić information content (AvgIpc) is 2.92. The van der Waals surface area contributed by atoms with Gasteiger partial charge in [-0.05, 0) is 47.3 Å². The van der Waals surface area contributed by atoms with Gasteiger partial charge in [-0.25, -0.2) is 0 Å². The van der Waals surface area contributed by atoms with Gasteiger partial charge in [0.25, 0.3) is 0 Å². The maximum atomic E-state index is 12.5. The van der Waals surface area contributed by atoms with Crippen molar-refractivity contribution in [2.24, 2.45) is 16.3 Å². The molecular formula is C14H20BrN3O2S. The summed E-state index contributed by atoms with van der Waals surface area (Å²) < 4.78 is 1.09. The minimum absolute atomic E-state index is 0.0403. The molecule has 116 valence electrons. The van der Waals surface area contributed by atoms with Crippen LogP contribution in [0.5, 0.6) is 0 Å². The molecule has 4 N–H and O–H groups in total. The first kappa shape index (κ1) is 16.3. The molecule has 5 nitrogen and oxygen atoms in total. The quantitative estimate of drug-likeness (QED) is 0.321. The lowest BCUT2D eigenvalue weighted by Crippen LogP contribution is -2.51. The van der Waals surface area contributed by atoms with Gasteiger partial charge in [-0.1, -0.05) is 24.4 Å². The van der Waals surface area contributed by atoms with Crippen molar-refractivity contribution in [1.29, 1.82) is 0 Å².